The third-order valence-electron chi connectivity index (χ3n) is 12.6. The Hall–Kier alpha value is -4.77. The van der Waals surface area contributed by atoms with Crippen molar-refractivity contribution in [3.05, 3.63) is 54.1 Å². The summed E-state index contributed by atoms with van der Waals surface area (Å²) in [5, 5.41) is 0. The van der Waals surface area contributed by atoms with E-state index in [0.29, 0.717) is 12.2 Å². The molecule has 0 unspecified atom stereocenters. The molecule has 0 radical (unpaired) electrons. The number of alkyl halides is 26. The second kappa shape index (κ2) is 25.4. The largest absolute Gasteiger partial charge is 0.494 e. The first-order chi connectivity index (χ1) is 36.6. The SMILES string of the molecule is CC(C)[Si](CCC(F)(F)C(F)(F)C(F)(F)C(F)(F)F)(O[C@H]1C=CC(=O)O[C@@H](C)CC(=O)O[C@@H](C)[C@H](OCc2ccc(OCCCC(F)(F)C(F)(F)C(F)(F)C(F)(F)C(F)(F)C(F)(F)C(F)(F)C(F)(F)F)cc2)C=CC(=O)O[C@H]1C)C(C)C. The summed E-state index contributed by atoms with van der Waals surface area (Å²) in [6.07, 6.45) is -26.5. The molecule has 1 aromatic carbocycles. The van der Waals surface area contributed by atoms with E-state index in [9.17, 15) is 129 Å². The molecule has 0 saturated carbocycles. The van der Waals surface area contributed by atoms with Crippen LogP contribution in [0.25, 0.3) is 0 Å². The standard InChI is InChI=1S/C46H50F26O9Si/c1-23(2)82(24(3)4,20-18-36(49,50)38(53,54)43(63,64)45(67,68)69)81-31-14-16-32(73)78-25(5)21-34(75)80-26(6)30(13-15-33(74)79-27(31)7)77-22-28-9-11-29(12-10-28)76-19-8-17-35(47,48)37(51,52)39(55,56)40(57,58)41(59,60)42(61,62)44(65,66)46(70,71)72/h9-16,23-27,30-31H,8,17-22H2,1-7H3/t25-,26-,27-,30+,31-/m0/s1. The van der Waals surface area contributed by atoms with Gasteiger partial charge >= 0.3 is 89.5 Å². The zero-order valence-electron chi connectivity index (χ0n) is 43.1. The van der Waals surface area contributed by atoms with Crippen molar-refractivity contribution in [3.8, 4) is 5.75 Å². The van der Waals surface area contributed by atoms with Crippen LogP contribution >= 0.6 is 0 Å². The molecule has 2 rings (SSSR count). The van der Waals surface area contributed by atoms with Crippen LogP contribution in [0, 0.1) is 0 Å². The van der Waals surface area contributed by atoms with Crippen LogP contribution in [0.4, 0.5) is 114 Å². The van der Waals surface area contributed by atoms with Gasteiger partial charge in [-0.05, 0) is 74.2 Å². The molecule has 82 heavy (non-hydrogen) atoms. The molecule has 36 heteroatoms. The second-order valence-corrected chi connectivity index (χ2v) is 24.2. The quantitative estimate of drug-likeness (QED) is 0.0348. The van der Waals surface area contributed by atoms with Gasteiger partial charge in [0.05, 0.1) is 19.6 Å². The van der Waals surface area contributed by atoms with E-state index in [1.54, 1.807) is 0 Å². The first kappa shape index (κ1) is 73.3. The molecule has 5 atom stereocenters. The Labute approximate surface area is 449 Å². The molecule has 474 valence electrons. The fourth-order valence-electron chi connectivity index (χ4n) is 7.57. The molecule has 0 aliphatic carbocycles. The first-order valence-corrected chi connectivity index (χ1v) is 25.8. The van der Waals surface area contributed by atoms with Crippen LogP contribution in [0.15, 0.2) is 48.6 Å². The molecule has 0 spiro atoms. The lowest BCUT2D eigenvalue weighted by Gasteiger charge is -2.43. The van der Waals surface area contributed by atoms with Gasteiger partial charge in [0.15, 0.2) is 8.32 Å². The third kappa shape index (κ3) is 15.0. The molecule has 1 heterocycles. The van der Waals surface area contributed by atoms with Crippen LogP contribution in [0.5, 0.6) is 5.75 Å². The fraction of sp³-hybridized carbons (Fsp3) is 0.717. The van der Waals surface area contributed by atoms with Gasteiger partial charge in [0, 0.05) is 25.0 Å². The highest BCUT2D eigenvalue weighted by molar-refractivity contribution is 6.76. The topological polar surface area (TPSA) is 107 Å². The van der Waals surface area contributed by atoms with Crippen molar-refractivity contribution in [2.24, 2.45) is 0 Å². The summed E-state index contributed by atoms with van der Waals surface area (Å²) in [4.78, 5) is 38.9. The predicted molar refractivity (Wildman–Crippen MR) is 231 cm³/mol. The van der Waals surface area contributed by atoms with Crippen LogP contribution in [-0.2, 0) is 44.4 Å². The number of hydrogen-bond acceptors (Lipinski definition) is 9. The van der Waals surface area contributed by atoms with Crippen LogP contribution in [-0.4, -0.2) is 135 Å². The van der Waals surface area contributed by atoms with Crippen molar-refractivity contribution in [1.82, 2.24) is 0 Å². The second-order valence-electron chi connectivity index (χ2n) is 19.2. The van der Waals surface area contributed by atoms with Gasteiger partial charge in [0.1, 0.15) is 36.3 Å². The lowest BCUT2D eigenvalue weighted by molar-refractivity contribution is -0.461. The van der Waals surface area contributed by atoms with Gasteiger partial charge in [-0.1, -0.05) is 39.8 Å². The number of carbonyl (C=O) groups is 3. The van der Waals surface area contributed by atoms with Crippen molar-refractivity contribution in [1.29, 1.82) is 0 Å². The van der Waals surface area contributed by atoms with E-state index in [1.165, 1.54) is 41.5 Å². The highest BCUT2D eigenvalue weighted by Crippen LogP contribution is 2.64. The van der Waals surface area contributed by atoms with Gasteiger partial charge < -0.3 is 28.1 Å². The molecule has 0 N–H and O–H groups in total. The Morgan fingerprint density at radius 1 is 0.512 bits per heavy atom. The molecule has 0 amide bonds. The van der Waals surface area contributed by atoms with Crippen LogP contribution in [0.1, 0.15) is 79.7 Å². The van der Waals surface area contributed by atoms with E-state index < -0.39 is 190 Å². The van der Waals surface area contributed by atoms with E-state index in [1.807, 2.05) is 0 Å². The lowest BCUT2D eigenvalue weighted by atomic mass is 9.88. The number of hydrogen-bond donors (Lipinski definition) is 0. The first-order valence-electron chi connectivity index (χ1n) is 23.5. The van der Waals surface area contributed by atoms with E-state index in [4.69, 9.17) is 28.1 Å². The minimum atomic E-state index is -8.77. The molecule has 1 aliphatic heterocycles. The van der Waals surface area contributed by atoms with Crippen LogP contribution in [0.2, 0.25) is 17.1 Å². The van der Waals surface area contributed by atoms with Crippen molar-refractivity contribution in [2.75, 3.05) is 6.61 Å². The predicted octanol–water partition coefficient (Wildman–Crippen LogP) is 15.1. The van der Waals surface area contributed by atoms with Crippen molar-refractivity contribution in [3.63, 3.8) is 0 Å². The smallest absolute Gasteiger partial charge is 0.460 e. The minimum absolute atomic E-state index is 0.109. The van der Waals surface area contributed by atoms with E-state index in [-0.39, 0.29) is 5.56 Å². The summed E-state index contributed by atoms with van der Waals surface area (Å²) >= 11 is 0. The average molecular weight is 1270 g/mol. The monoisotopic (exact) mass is 1270 g/mol. The number of ether oxygens (including phenoxy) is 5. The van der Waals surface area contributed by atoms with E-state index >= 15 is 0 Å². The van der Waals surface area contributed by atoms with Gasteiger partial charge in [0.2, 0.25) is 0 Å². The van der Waals surface area contributed by atoms with Gasteiger partial charge in [0.25, 0.3) is 0 Å². The Morgan fingerprint density at radius 2 is 0.902 bits per heavy atom. The number of carbonyl (C=O) groups excluding carboxylic acids is 3. The van der Waals surface area contributed by atoms with Crippen molar-refractivity contribution < 1.29 is 157 Å². The van der Waals surface area contributed by atoms with E-state index in [0.717, 1.165) is 43.3 Å². The molecule has 0 fully saturated rings. The third-order valence-corrected chi connectivity index (χ3v) is 18.2. The minimum Gasteiger partial charge on any atom is -0.494 e. The Bertz CT molecular complexity index is 2360. The summed E-state index contributed by atoms with van der Waals surface area (Å²) < 4.78 is 389. The maximum absolute atomic E-state index is 14.9. The van der Waals surface area contributed by atoms with Gasteiger partial charge in [-0.25, -0.2) is 9.59 Å². The maximum Gasteiger partial charge on any atom is 0.460 e. The molecule has 0 bridgehead atoms. The van der Waals surface area contributed by atoms with Crippen molar-refractivity contribution in [2.45, 2.75) is 200 Å². The molecule has 0 aromatic heterocycles. The number of rotatable bonds is 23. The molecule has 1 aliphatic rings. The van der Waals surface area contributed by atoms with Crippen molar-refractivity contribution >= 4 is 26.2 Å². The molecular formula is C46H50F26O9Si. The van der Waals surface area contributed by atoms with Crippen LogP contribution in [0.3, 0.4) is 0 Å². The van der Waals surface area contributed by atoms with Gasteiger partial charge in [-0.2, -0.15) is 114 Å². The summed E-state index contributed by atoms with van der Waals surface area (Å²) in [6.45, 7) is 7.08. The molecular weight excluding hydrogens is 1220 g/mol. The Balaban J connectivity index is 2.34. The molecule has 1 aromatic rings. The highest BCUT2D eigenvalue weighted by Gasteiger charge is 2.95. The zero-order chi connectivity index (χ0) is 64.3. The summed E-state index contributed by atoms with van der Waals surface area (Å²) in [5.41, 5.74) is -1.77. The maximum atomic E-state index is 14.9. The average Bonchev–Trinajstić information content (AvgIpc) is 3.31. The number of benzene rings is 1. The summed E-state index contributed by atoms with van der Waals surface area (Å²) in [6, 6.07) is 2.94. The lowest BCUT2D eigenvalue weighted by Crippen LogP contribution is -2.74. The highest BCUT2D eigenvalue weighted by atomic mass is 28.4. The number of halogens is 26. The summed E-state index contributed by atoms with van der Waals surface area (Å²) in [7, 11) is -4.19. The normalized spacial score (nSPS) is 21.2. The van der Waals surface area contributed by atoms with Gasteiger partial charge in [-0.3, -0.25) is 4.79 Å². The fourth-order valence-corrected chi connectivity index (χ4v) is 12.2. The number of cyclic esters (lactones) is 3. The Kier molecular flexibility index (Phi) is 22.7. The number of esters is 3. The zero-order valence-corrected chi connectivity index (χ0v) is 44.1. The summed E-state index contributed by atoms with van der Waals surface area (Å²) in [5.74, 6) is -81.5. The van der Waals surface area contributed by atoms with Crippen LogP contribution < -0.4 is 4.74 Å². The Morgan fingerprint density at radius 3 is 1.37 bits per heavy atom. The van der Waals surface area contributed by atoms with E-state index in [2.05, 4.69) is 0 Å². The molecule has 0 saturated heterocycles. The molecule has 9 nitrogen and oxygen atoms in total. The van der Waals surface area contributed by atoms with Gasteiger partial charge in [-0.15, -0.1) is 0 Å².